The van der Waals surface area contributed by atoms with Gasteiger partial charge in [-0.05, 0) is 23.3 Å². The van der Waals surface area contributed by atoms with Crippen LogP contribution in [0.2, 0.25) is 0 Å². The van der Waals surface area contributed by atoms with Crippen LogP contribution in [0.25, 0.3) is 11.0 Å². The van der Waals surface area contributed by atoms with Crippen LogP contribution in [0.3, 0.4) is 0 Å². The molecule has 0 radical (unpaired) electrons. The molecule has 17 heavy (non-hydrogen) atoms. The number of benzene rings is 2. The quantitative estimate of drug-likeness (QED) is 0.701. The van der Waals surface area contributed by atoms with E-state index in [1.165, 1.54) is 0 Å². The summed E-state index contributed by atoms with van der Waals surface area (Å²) >= 11 is 0. The lowest BCUT2D eigenvalue weighted by Crippen LogP contribution is -1.98. The van der Waals surface area contributed by atoms with E-state index >= 15 is 0 Å². The number of H-pyrrole nitrogens is 1. The number of rotatable bonds is 2. The number of aliphatic hydroxyl groups excluding tert-OH is 1. The van der Waals surface area contributed by atoms with Gasteiger partial charge in [0.15, 0.2) is 0 Å². The van der Waals surface area contributed by atoms with E-state index in [1.54, 1.807) is 0 Å². The first-order valence-electron chi connectivity index (χ1n) is 5.38. The standard InChI is InChI=1S/C13H11N3O/c17-13(9-4-2-1-3-5-9)10-6-7-11-12(8-10)15-16-14-11/h1-8,13,17H,(H,14,15,16). The number of aliphatic hydroxyl groups is 1. The molecule has 0 aliphatic carbocycles. The molecule has 2 N–H and O–H groups in total. The van der Waals surface area contributed by atoms with E-state index in [9.17, 15) is 5.11 Å². The maximum Gasteiger partial charge on any atom is 0.113 e. The summed E-state index contributed by atoms with van der Waals surface area (Å²) in [6.07, 6.45) is -0.628. The predicted octanol–water partition coefficient (Wildman–Crippen LogP) is 2.04. The van der Waals surface area contributed by atoms with Gasteiger partial charge in [-0.25, -0.2) is 0 Å². The molecule has 84 valence electrons. The van der Waals surface area contributed by atoms with Crippen molar-refractivity contribution in [2.24, 2.45) is 0 Å². The highest BCUT2D eigenvalue weighted by Gasteiger charge is 2.11. The lowest BCUT2D eigenvalue weighted by atomic mass is 10.0. The topological polar surface area (TPSA) is 61.8 Å². The molecule has 0 saturated carbocycles. The highest BCUT2D eigenvalue weighted by atomic mass is 16.3. The molecule has 0 saturated heterocycles. The van der Waals surface area contributed by atoms with Crippen molar-refractivity contribution in [1.82, 2.24) is 15.4 Å². The number of hydrogen-bond acceptors (Lipinski definition) is 3. The molecule has 3 aromatic rings. The molecule has 1 aromatic heterocycles. The minimum absolute atomic E-state index is 0.628. The number of hydrogen-bond donors (Lipinski definition) is 2. The van der Waals surface area contributed by atoms with Gasteiger partial charge in [-0.3, -0.25) is 5.10 Å². The fourth-order valence-electron chi connectivity index (χ4n) is 1.86. The smallest absolute Gasteiger partial charge is 0.113 e. The number of nitrogens with zero attached hydrogens (tertiary/aromatic N) is 2. The molecule has 0 fully saturated rings. The Kier molecular flexibility index (Phi) is 2.34. The lowest BCUT2D eigenvalue weighted by Gasteiger charge is -2.10. The fraction of sp³-hybridized carbons (Fsp3) is 0.0769. The van der Waals surface area contributed by atoms with Crippen LogP contribution in [0.4, 0.5) is 0 Å². The third-order valence-electron chi connectivity index (χ3n) is 2.78. The second kappa shape index (κ2) is 3.99. The fourth-order valence-corrected chi connectivity index (χ4v) is 1.86. The van der Waals surface area contributed by atoms with E-state index in [2.05, 4.69) is 15.4 Å². The molecule has 4 nitrogen and oxygen atoms in total. The van der Waals surface area contributed by atoms with E-state index in [-0.39, 0.29) is 0 Å². The van der Waals surface area contributed by atoms with Crippen LogP contribution in [-0.4, -0.2) is 20.5 Å². The summed E-state index contributed by atoms with van der Waals surface area (Å²) in [6, 6.07) is 15.1. The van der Waals surface area contributed by atoms with E-state index < -0.39 is 6.10 Å². The number of aromatic amines is 1. The molecule has 2 aromatic carbocycles. The molecule has 4 heteroatoms. The molecular weight excluding hydrogens is 214 g/mol. The molecule has 0 spiro atoms. The monoisotopic (exact) mass is 225 g/mol. The highest BCUT2D eigenvalue weighted by Crippen LogP contribution is 2.23. The number of nitrogens with one attached hydrogen (secondary N) is 1. The van der Waals surface area contributed by atoms with Crippen LogP contribution < -0.4 is 0 Å². The highest BCUT2D eigenvalue weighted by molar-refractivity contribution is 5.74. The van der Waals surface area contributed by atoms with Crippen LogP contribution in [0.15, 0.2) is 48.5 Å². The average molecular weight is 225 g/mol. The summed E-state index contributed by atoms with van der Waals surface area (Å²) in [5.74, 6) is 0. The predicted molar refractivity (Wildman–Crippen MR) is 64.4 cm³/mol. The van der Waals surface area contributed by atoms with Gasteiger partial charge in [0, 0.05) is 0 Å². The molecule has 1 unspecified atom stereocenters. The van der Waals surface area contributed by atoms with E-state index in [0.717, 1.165) is 22.2 Å². The summed E-state index contributed by atoms with van der Waals surface area (Å²) in [4.78, 5) is 0. The van der Waals surface area contributed by atoms with Crippen molar-refractivity contribution in [3.63, 3.8) is 0 Å². The maximum atomic E-state index is 10.2. The Morgan fingerprint density at radius 3 is 2.65 bits per heavy atom. The Morgan fingerprint density at radius 1 is 1.00 bits per heavy atom. The van der Waals surface area contributed by atoms with Gasteiger partial charge in [-0.15, -0.1) is 5.10 Å². The second-order valence-corrected chi connectivity index (χ2v) is 3.90. The zero-order chi connectivity index (χ0) is 11.7. The van der Waals surface area contributed by atoms with Gasteiger partial charge in [0.05, 0.1) is 5.52 Å². The zero-order valence-corrected chi connectivity index (χ0v) is 9.04. The number of aromatic nitrogens is 3. The van der Waals surface area contributed by atoms with E-state index in [4.69, 9.17) is 0 Å². The van der Waals surface area contributed by atoms with Crippen molar-refractivity contribution < 1.29 is 5.11 Å². The summed E-state index contributed by atoms with van der Waals surface area (Å²) in [6.45, 7) is 0. The van der Waals surface area contributed by atoms with Gasteiger partial charge >= 0.3 is 0 Å². The summed E-state index contributed by atoms with van der Waals surface area (Å²) in [5, 5.41) is 20.7. The largest absolute Gasteiger partial charge is 0.384 e. The third-order valence-corrected chi connectivity index (χ3v) is 2.78. The molecule has 1 heterocycles. The summed E-state index contributed by atoms with van der Waals surface area (Å²) in [7, 11) is 0. The molecule has 0 aliphatic heterocycles. The van der Waals surface area contributed by atoms with Crippen LogP contribution in [-0.2, 0) is 0 Å². The van der Waals surface area contributed by atoms with Gasteiger partial charge < -0.3 is 5.11 Å². The van der Waals surface area contributed by atoms with Gasteiger partial charge in [0.25, 0.3) is 0 Å². The normalized spacial score (nSPS) is 12.8. The Bertz CT molecular complexity index is 633. The van der Waals surface area contributed by atoms with Gasteiger partial charge in [-0.2, -0.15) is 0 Å². The molecule has 3 rings (SSSR count). The summed E-state index contributed by atoms with van der Waals surface area (Å²) < 4.78 is 0. The van der Waals surface area contributed by atoms with Crippen molar-refractivity contribution in [3.8, 4) is 0 Å². The lowest BCUT2D eigenvalue weighted by molar-refractivity contribution is 0.220. The van der Waals surface area contributed by atoms with E-state index in [0.29, 0.717) is 0 Å². The minimum atomic E-state index is -0.628. The maximum absolute atomic E-state index is 10.2. The van der Waals surface area contributed by atoms with Gasteiger partial charge in [0.2, 0.25) is 0 Å². The van der Waals surface area contributed by atoms with Crippen LogP contribution in [0.5, 0.6) is 0 Å². The van der Waals surface area contributed by atoms with Gasteiger partial charge in [0.1, 0.15) is 11.6 Å². The Balaban J connectivity index is 2.03. The Hall–Kier alpha value is -2.20. The van der Waals surface area contributed by atoms with Crippen LogP contribution in [0.1, 0.15) is 17.2 Å². The van der Waals surface area contributed by atoms with Gasteiger partial charge in [-0.1, -0.05) is 41.6 Å². The summed E-state index contributed by atoms with van der Waals surface area (Å²) in [5.41, 5.74) is 3.32. The van der Waals surface area contributed by atoms with Crippen molar-refractivity contribution in [2.45, 2.75) is 6.10 Å². The molecular formula is C13H11N3O. The van der Waals surface area contributed by atoms with Crippen molar-refractivity contribution >= 4 is 11.0 Å². The van der Waals surface area contributed by atoms with Crippen molar-refractivity contribution in [1.29, 1.82) is 0 Å². The first-order chi connectivity index (χ1) is 8.34. The molecule has 0 amide bonds. The number of fused-ring (bicyclic) bond motifs is 1. The molecule has 0 bridgehead atoms. The first kappa shape index (κ1) is 9.99. The second-order valence-electron chi connectivity index (χ2n) is 3.90. The molecule has 1 atom stereocenters. The third kappa shape index (κ3) is 1.79. The average Bonchev–Trinajstić information content (AvgIpc) is 2.86. The minimum Gasteiger partial charge on any atom is -0.384 e. The molecule has 0 aliphatic rings. The van der Waals surface area contributed by atoms with E-state index in [1.807, 2.05) is 48.5 Å². The van der Waals surface area contributed by atoms with Crippen molar-refractivity contribution in [2.75, 3.05) is 0 Å². The van der Waals surface area contributed by atoms with Crippen molar-refractivity contribution in [3.05, 3.63) is 59.7 Å². The van der Waals surface area contributed by atoms with Crippen LogP contribution in [0, 0.1) is 0 Å². The zero-order valence-electron chi connectivity index (χ0n) is 9.04. The SMILES string of the molecule is OC(c1ccccc1)c1ccc2[nH]nnc2c1. The van der Waals surface area contributed by atoms with Crippen LogP contribution >= 0.6 is 0 Å². The Morgan fingerprint density at radius 2 is 1.82 bits per heavy atom. The first-order valence-corrected chi connectivity index (χ1v) is 5.38. The Labute approximate surface area is 97.9 Å².